The summed E-state index contributed by atoms with van der Waals surface area (Å²) >= 11 is 0. The number of hydrogen-bond acceptors (Lipinski definition) is 3. The Kier molecular flexibility index (Phi) is 5.26. The largest absolute Gasteiger partial charge is 0.459 e. The number of ether oxygens (including phenoxy) is 2. The van der Waals surface area contributed by atoms with Crippen molar-refractivity contribution in [3.63, 3.8) is 0 Å². The van der Waals surface area contributed by atoms with Crippen LogP contribution in [0.5, 0.6) is 0 Å². The summed E-state index contributed by atoms with van der Waals surface area (Å²) in [4.78, 5) is 12.3. The van der Waals surface area contributed by atoms with Gasteiger partial charge in [-0.1, -0.05) is 24.3 Å². The summed E-state index contributed by atoms with van der Waals surface area (Å²) < 4.78 is 23.9. The van der Waals surface area contributed by atoms with E-state index < -0.39 is 0 Å². The molecule has 3 rings (SSSR count). The van der Waals surface area contributed by atoms with Gasteiger partial charge in [0, 0.05) is 7.11 Å². The Morgan fingerprint density at radius 3 is 1.92 bits per heavy atom. The summed E-state index contributed by atoms with van der Waals surface area (Å²) in [6.07, 6.45) is 3.81. The van der Waals surface area contributed by atoms with E-state index in [-0.39, 0.29) is 24.0 Å². The third-order valence-electron chi connectivity index (χ3n) is 4.53. The van der Waals surface area contributed by atoms with Gasteiger partial charge >= 0.3 is 5.97 Å². The van der Waals surface area contributed by atoms with Crippen molar-refractivity contribution in [1.29, 1.82) is 0 Å². The lowest BCUT2D eigenvalue weighted by molar-refractivity contribution is -0.00540. The minimum Gasteiger partial charge on any atom is -0.459 e. The monoisotopic (exact) mass is 328 g/mol. The fourth-order valence-corrected chi connectivity index (χ4v) is 3.05. The maximum Gasteiger partial charge on any atom is 0.338 e. The van der Waals surface area contributed by atoms with Gasteiger partial charge in [-0.3, -0.25) is 0 Å². The Hall–Kier alpha value is -2.20. The van der Waals surface area contributed by atoms with Gasteiger partial charge in [0.15, 0.2) is 0 Å². The van der Waals surface area contributed by atoms with Crippen molar-refractivity contribution in [1.82, 2.24) is 0 Å². The second-order valence-electron chi connectivity index (χ2n) is 6.12. The highest BCUT2D eigenvalue weighted by atomic mass is 19.1. The van der Waals surface area contributed by atoms with Crippen LogP contribution in [0.15, 0.2) is 48.5 Å². The van der Waals surface area contributed by atoms with Crippen LogP contribution in [0.1, 0.15) is 36.0 Å². The van der Waals surface area contributed by atoms with Gasteiger partial charge in [-0.25, -0.2) is 9.18 Å². The van der Waals surface area contributed by atoms with Crippen molar-refractivity contribution in [2.75, 3.05) is 7.11 Å². The highest BCUT2D eigenvalue weighted by Gasteiger charge is 2.24. The molecule has 0 aliphatic heterocycles. The fraction of sp³-hybridized carbons (Fsp3) is 0.350. The molecular weight excluding hydrogens is 307 g/mol. The molecule has 0 radical (unpaired) electrons. The average molecular weight is 328 g/mol. The SMILES string of the molecule is COC1CCC(OC(=O)c2ccc(-c3ccc(F)cc3)cc2)CC1. The molecule has 1 fully saturated rings. The van der Waals surface area contributed by atoms with Crippen molar-refractivity contribution >= 4 is 5.97 Å². The summed E-state index contributed by atoms with van der Waals surface area (Å²) in [6, 6.07) is 13.5. The minimum atomic E-state index is -0.290. The molecule has 2 aromatic rings. The van der Waals surface area contributed by atoms with E-state index in [1.807, 2.05) is 12.1 Å². The van der Waals surface area contributed by atoms with Gasteiger partial charge in [-0.05, 0) is 61.1 Å². The van der Waals surface area contributed by atoms with Crippen molar-refractivity contribution in [3.05, 3.63) is 59.9 Å². The van der Waals surface area contributed by atoms with Crippen molar-refractivity contribution in [2.24, 2.45) is 0 Å². The van der Waals surface area contributed by atoms with Crippen molar-refractivity contribution in [2.45, 2.75) is 37.9 Å². The predicted octanol–water partition coefficient (Wildman–Crippen LogP) is 4.61. The Balaban J connectivity index is 1.61. The Labute approximate surface area is 141 Å². The van der Waals surface area contributed by atoms with Gasteiger partial charge < -0.3 is 9.47 Å². The molecule has 2 aromatic carbocycles. The smallest absolute Gasteiger partial charge is 0.338 e. The number of methoxy groups -OCH3 is 1. The number of rotatable bonds is 4. The van der Waals surface area contributed by atoms with E-state index in [0.29, 0.717) is 5.56 Å². The van der Waals surface area contributed by atoms with Crippen LogP contribution in [0, 0.1) is 5.82 Å². The second-order valence-corrected chi connectivity index (χ2v) is 6.12. The molecule has 0 N–H and O–H groups in total. The first kappa shape index (κ1) is 16.7. The lowest BCUT2D eigenvalue weighted by Gasteiger charge is -2.27. The standard InChI is InChI=1S/C20H21FO3/c1-23-18-10-12-19(13-11-18)24-20(22)16-4-2-14(3-5-16)15-6-8-17(21)9-7-15/h2-9,18-19H,10-13H2,1H3. The van der Waals surface area contributed by atoms with Gasteiger partial charge in [-0.2, -0.15) is 0 Å². The van der Waals surface area contributed by atoms with Gasteiger partial charge in [0.05, 0.1) is 11.7 Å². The summed E-state index contributed by atoms with van der Waals surface area (Å²) in [5, 5.41) is 0. The number of carbonyl (C=O) groups is 1. The first-order valence-corrected chi connectivity index (χ1v) is 8.25. The average Bonchev–Trinajstić information content (AvgIpc) is 2.63. The van der Waals surface area contributed by atoms with Crippen LogP contribution >= 0.6 is 0 Å². The fourth-order valence-electron chi connectivity index (χ4n) is 3.05. The first-order chi connectivity index (χ1) is 11.7. The maximum atomic E-state index is 13.0. The first-order valence-electron chi connectivity index (χ1n) is 8.25. The molecule has 1 aliphatic rings. The summed E-state index contributed by atoms with van der Waals surface area (Å²) in [7, 11) is 1.72. The number of esters is 1. The van der Waals surface area contributed by atoms with E-state index >= 15 is 0 Å². The minimum absolute atomic E-state index is 0.0272. The summed E-state index contributed by atoms with van der Waals surface area (Å²) in [5.41, 5.74) is 2.39. The highest BCUT2D eigenvalue weighted by Crippen LogP contribution is 2.25. The molecule has 1 aliphatic carbocycles. The molecule has 0 spiro atoms. The summed E-state index contributed by atoms with van der Waals surface area (Å²) in [5.74, 6) is -0.552. The molecule has 24 heavy (non-hydrogen) atoms. The third kappa shape index (κ3) is 4.01. The van der Waals surface area contributed by atoms with Gasteiger partial charge in [0.2, 0.25) is 0 Å². The molecule has 0 bridgehead atoms. The van der Waals surface area contributed by atoms with Crippen LogP contribution in [0.3, 0.4) is 0 Å². The molecule has 4 heteroatoms. The van der Waals surface area contributed by atoms with E-state index in [1.54, 1.807) is 31.4 Å². The van der Waals surface area contributed by atoms with Crippen LogP contribution in [0.2, 0.25) is 0 Å². The van der Waals surface area contributed by atoms with Crippen molar-refractivity contribution < 1.29 is 18.7 Å². The maximum absolute atomic E-state index is 13.0. The Morgan fingerprint density at radius 1 is 0.875 bits per heavy atom. The van der Waals surface area contributed by atoms with E-state index in [2.05, 4.69) is 0 Å². The molecule has 1 saturated carbocycles. The molecule has 0 amide bonds. The van der Waals surface area contributed by atoms with Crippen LogP contribution in [0.4, 0.5) is 4.39 Å². The number of halogens is 1. The van der Waals surface area contributed by atoms with Crippen LogP contribution in [0.25, 0.3) is 11.1 Å². The highest BCUT2D eigenvalue weighted by molar-refractivity contribution is 5.90. The van der Waals surface area contributed by atoms with Gasteiger partial charge in [0.25, 0.3) is 0 Å². The molecule has 0 aromatic heterocycles. The Bertz CT molecular complexity index is 671. The van der Waals surface area contributed by atoms with Crippen LogP contribution < -0.4 is 0 Å². The van der Waals surface area contributed by atoms with Crippen LogP contribution in [-0.4, -0.2) is 25.3 Å². The lowest BCUT2D eigenvalue weighted by Crippen LogP contribution is -2.27. The lowest BCUT2D eigenvalue weighted by atomic mass is 9.95. The van der Waals surface area contributed by atoms with E-state index in [9.17, 15) is 9.18 Å². The number of carbonyl (C=O) groups excluding carboxylic acids is 1. The molecular formula is C20H21FO3. The molecule has 3 nitrogen and oxygen atoms in total. The normalized spacial score (nSPS) is 20.6. The molecule has 0 heterocycles. The third-order valence-corrected chi connectivity index (χ3v) is 4.53. The Morgan fingerprint density at radius 2 is 1.38 bits per heavy atom. The number of benzene rings is 2. The zero-order chi connectivity index (χ0) is 16.9. The molecule has 0 unspecified atom stereocenters. The molecule has 126 valence electrons. The molecule has 0 atom stereocenters. The quantitative estimate of drug-likeness (QED) is 0.769. The second kappa shape index (κ2) is 7.58. The zero-order valence-electron chi connectivity index (χ0n) is 13.7. The van der Waals surface area contributed by atoms with E-state index in [0.717, 1.165) is 36.8 Å². The predicted molar refractivity (Wildman–Crippen MR) is 90.3 cm³/mol. The molecule has 0 saturated heterocycles. The van der Waals surface area contributed by atoms with E-state index in [4.69, 9.17) is 9.47 Å². The van der Waals surface area contributed by atoms with Crippen molar-refractivity contribution in [3.8, 4) is 11.1 Å². The summed E-state index contributed by atoms with van der Waals surface area (Å²) in [6.45, 7) is 0. The number of hydrogen-bond donors (Lipinski definition) is 0. The topological polar surface area (TPSA) is 35.5 Å². The van der Waals surface area contributed by atoms with Crippen LogP contribution in [-0.2, 0) is 9.47 Å². The van der Waals surface area contributed by atoms with Gasteiger partial charge in [-0.15, -0.1) is 0 Å². The van der Waals surface area contributed by atoms with Gasteiger partial charge in [0.1, 0.15) is 11.9 Å². The zero-order valence-corrected chi connectivity index (χ0v) is 13.7. The van der Waals surface area contributed by atoms with E-state index in [1.165, 1.54) is 12.1 Å².